The number of para-hydroxylation sites is 1. The van der Waals surface area contributed by atoms with Crippen LogP contribution in [0.3, 0.4) is 0 Å². The third kappa shape index (κ3) is 6.11. The summed E-state index contributed by atoms with van der Waals surface area (Å²) in [6.07, 6.45) is 3.61. The third-order valence-corrected chi connectivity index (χ3v) is 4.79. The number of nitrogens with zero attached hydrogens (tertiary/aromatic N) is 1. The monoisotopic (exact) mass is 412 g/mol. The van der Waals surface area contributed by atoms with Crippen molar-refractivity contribution in [3.05, 3.63) is 83.1 Å². The zero-order valence-electron chi connectivity index (χ0n) is 16.6. The van der Waals surface area contributed by atoms with E-state index < -0.39 is 0 Å². The van der Waals surface area contributed by atoms with Crippen molar-refractivity contribution in [1.29, 1.82) is 0 Å². The number of hydrogen-bond donors (Lipinski definition) is 1. The Kier molecular flexibility index (Phi) is 7.73. The second-order valence-electron chi connectivity index (χ2n) is 6.50. The number of ether oxygens (including phenoxy) is 3. The van der Waals surface area contributed by atoms with Gasteiger partial charge >= 0.3 is 0 Å². The lowest BCUT2D eigenvalue weighted by Crippen LogP contribution is -2.18. The van der Waals surface area contributed by atoms with Crippen LogP contribution in [0.4, 0.5) is 0 Å². The van der Waals surface area contributed by atoms with E-state index >= 15 is 0 Å². The Balaban J connectivity index is 1.51. The van der Waals surface area contributed by atoms with Gasteiger partial charge in [-0.15, -0.1) is 0 Å². The summed E-state index contributed by atoms with van der Waals surface area (Å²) in [5.74, 6) is 2.02. The fourth-order valence-electron chi connectivity index (χ4n) is 2.85. The summed E-state index contributed by atoms with van der Waals surface area (Å²) in [5, 5.41) is 4.09. The first-order valence-corrected chi connectivity index (χ1v) is 9.85. The van der Waals surface area contributed by atoms with E-state index in [2.05, 4.69) is 17.2 Å². The molecule has 1 heterocycles. The number of methoxy groups -OCH3 is 1. The first-order valence-electron chi connectivity index (χ1n) is 9.47. The predicted molar refractivity (Wildman–Crippen MR) is 115 cm³/mol. The first-order chi connectivity index (χ1) is 14.2. The van der Waals surface area contributed by atoms with Crippen LogP contribution in [0.2, 0.25) is 5.02 Å². The molecule has 5 nitrogen and oxygen atoms in total. The van der Waals surface area contributed by atoms with E-state index in [9.17, 15) is 0 Å². The molecule has 6 heteroatoms. The largest absolute Gasteiger partial charge is 0.493 e. The van der Waals surface area contributed by atoms with Crippen LogP contribution in [0.5, 0.6) is 17.2 Å². The fraction of sp³-hybridized carbons (Fsp3) is 0.261. The van der Waals surface area contributed by atoms with Gasteiger partial charge in [0.25, 0.3) is 0 Å². The first kappa shape index (κ1) is 21.0. The molecule has 0 fully saturated rings. The molecule has 3 rings (SSSR count). The van der Waals surface area contributed by atoms with E-state index in [0.29, 0.717) is 35.5 Å². The summed E-state index contributed by atoms with van der Waals surface area (Å²) in [5.41, 5.74) is 2.31. The maximum absolute atomic E-state index is 6.08. The molecule has 29 heavy (non-hydrogen) atoms. The van der Waals surface area contributed by atoms with Crippen molar-refractivity contribution >= 4 is 11.6 Å². The van der Waals surface area contributed by atoms with Crippen LogP contribution in [0, 0.1) is 0 Å². The molecular weight excluding hydrogens is 388 g/mol. The smallest absolute Gasteiger partial charge is 0.161 e. The summed E-state index contributed by atoms with van der Waals surface area (Å²) in [7, 11) is 1.64. The van der Waals surface area contributed by atoms with Gasteiger partial charge in [0.15, 0.2) is 11.5 Å². The highest BCUT2D eigenvalue weighted by Crippen LogP contribution is 2.28. The second-order valence-corrected chi connectivity index (χ2v) is 6.90. The molecule has 0 unspecified atom stereocenters. The van der Waals surface area contributed by atoms with E-state index in [1.54, 1.807) is 25.6 Å². The lowest BCUT2D eigenvalue weighted by atomic mass is 10.1. The molecule has 0 aliphatic carbocycles. The maximum atomic E-state index is 6.08. The van der Waals surface area contributed by atoms with Crippen molar-refractivity contribution in [3.8, 4) is 17.2 Å². The minimum atomic E-state index is 0.224. The Bertz CT molecular complexity index is 906. The highest BCUT2D eigenvalue weighted by molar-refractivity contribution is 6.32. The molecule has 0 aliphatic heterocycles. The number of hydrogen-bond acceptors (Lipinski definition) is 5. The summed E-state index contributed by atoms with van der Waals surface area (Å²) in [4.78, 5) is 4.06. The van der Waals surface area contributed by atoms with Crippen LogP contribution in [0.1, 0.15) is 24.1 Å². The van der Waals surface area contributed by atoms with Gasteiger partial charge in [-0.2, -0.15) is 0 Å². The molecule has 0 amide bonds. The van der Waals surface area contributed by atoms with E-state index in [1.807, 2.05) is 48.5 Å². The molecule has 0 saturated carbocycles. The average Bonchev–Trinajstić information content (AvgIpc) is 2.77. The topological polar surface area (TPSA) is 52.6 Å². The van der Waals surface area contributed by atoms with Gasteiger partial charge in [-0.1, -0.05) is 29.8 Å². The fourth-order valence-corrected chi connectivity index (χ4v) is 3.04. The highest BCUT2D eigenvalue weighted by Gasteiger charge is 2.09. The minimum absolute atomic E-state index is 0.224. The SMILES string of the molecule is COc1cc(CN[C@H](C)c2ccncc2)ccc1OCCOc1ccccc1Cl. The van der Waals surface area contributed by atoms with E-state index in [-0.39, 0.29) is 6.04 Å². The Hall–Kier alpha value is -2.76. The van der Waals surface area contributed by atoms with Gasteiger partial charge in [-0.25, -0.2) is 0 Å². The van der Waals surface area contributed by atoms with Crippen molar-refractivity contribution in [2.45, 2.75) is 19.5 Å². The van der Waals surface area contributed by atoms with Crippen molar-refractivity contribution in [2.24, 2.45) is 0 Å². The second kappa shape index (κ2) is 10.7. The molecule has 0 radical (unpaired) electrons. The number of pyridine rings is 1. The van der Waals surface area contributed by atoms with E-state index in [0.717, 1.165) is 12.1 Å². The average molecular weight is 413 g/mol. The van der Waals surface area contributed by atoms with Gasteiger partial charge in [0, 0.05) is 25.0 Å². The Morgan fingerprint density at radius 3 is 2.38 bits per heavy atom. The van der Waals surface area contributed by atoms with Crippen LogP contribution in [0.25, 0.3) is 0 Å². The number of nitrogens with one attached hydrogen (secondary N) is 1. The van der Waals surface area contributed by atoms with Crippen molar-refractivity contribution < 1.29 is 14.2 Å². The van der Waals surface area contributed by atoms with Crippen molar-refractivity contribution in [1.82, 2.24) is 10.3 Å². The third-order valence-electron chi connectivity index (χ3n) is 4.48. The summed E-state index contributed by atoms with van der Waals surface area (Å²) in [6.45, 7) is 3.62. The highest BCUT2D eigenvalue weighted by atomic mass is 35.5. The normalized spacial score (nSPS) is 11.7. The van der Waals surface area contributed by atoms with E-state index in [4.69, 9.17) is 25.8 Å². The predicted octanol–water partition coefficient (Wildman–Crippen LogP) is 5.05. The van der Waals surface area contributed by atoms with E-state index in [1.165, 1.54) is 5.56 Å². The molecule has 0 spiro atoms. The molecule has 1 aromatic heterocycles. The van der Waals surface area contributed by atoms with Gasteiger partial charge in [-0.3, -0.25) is 4.98 Å². The molecule has 152 valence electrons. The zero-order chi connectivity index (χ0) is 20.5. The number of aromatic nitrogens is 1. The zero-order valence-corrected chi connectivity index (χ0v) is 17.4. The molecule has 3 aromatic rings. The van der Waals surface area contributed by atoms with Gasteiger partial charge in [0.1, 0.15) is 19.0 Å². The van der Waals surface area contributed by atoms with Crippen LogP contribution in [-0.2, 0) is 6.54 Å². The standard InChI is InChI=1S/C23H25ClN2O3/c1-17(19-9-11-25-12-10-19)26-16-18-7-8-22(23(15-18)27-2)29-14-13-28-21-6-4-3-5-20(21)24/h3-12,15,17,26H,13-14,16H2,1-2H3/t17-/m1/s1. The lowest BCUT2D eigenvalue weighted by molar-refractivity contribution is 0.211. The number of halogens is 1. The molecule has 1 N–H and O–H groups in total. The maximum Gasteiger partial charge on any atom is 0.161 e. The van der Waals surface area contributed by atoms with Crippen LogP contribution >= 0.6 is 11.6 Å². The van der Waals surface area contributed by atoms with Crippen LogP contribution in [0.15, 0.2) is 67.0 Å². The van der Waals surface area contributed by atoms with Crippen LogP contribution < -0.4 is 19.5 Å². The Morgan fingerprint density at radius 1 is 0.931 bits per heavy atom. The minimum Gasteiger partial charge on any atom is -0.493 e. The van der Waals surface area contributed by atoms with Gasteiger partial charge in [0.05, 0.1) is 12.1 Å². The van der Waals surface area contributed by atoms with Crippen molar-refractivity contribution in [3.63, 3.8) is 0 Å². The molecule has 0 aliphatic rings. The quantitative estimate of drug-likeness (QED) is 0.472. The van der Waals surface area contributed by atoms with Gasteiger partial charge in [-0.05, 0) is 54.4 Å². The summed E-state index contributed by atoms with van der Waals surface area (Å²) in [6, 6.07) is 17.6. The Morgan fingerprint density at radius 2 is 1.66 bits per heavy atom. The molecular formula is C23H25ClN2O3. The summed E-state index contributed by atoms with van der Waals surface area (Å²) >= 11 is 6.08. The van der Waals surface area contributed by atoms with Crippen molar-refractivity contribution in [2.75, 3.05) is 20.3 Å². The van der Waals surface area contributed by atoms with Crippen LogP contribution in [-0.4, -0.2) is 25.3 Å². The summed E-state index contributed by atoms with van der Waals surface area (Å²) < 4.78 is 17.0. The molecule has 0 saturated heterocycles. The number of rotatable bonds is 10. The lowest BCUT2D eigenvalue weighted by Gasteiger charge is -2.16. The molecule has 2 aromatic carbocycles. The molecule has 1 atom stereocenters. The number of benzene rings is 2. The van der Waals surface area contributed by atoms with Gasteiger partial charge < -0.3 is 19.5 Å². The van der Waals surface area contributed by atoms with Gasteiger partial charge in [0.2, 0.25) is 0 Å². The Labute approximate surface area is 176 Å². The molecule has 0 bridgehead atoms.